The van der Waals surface area contributed by atoms with Gasteiger partial charge in [0.15, 0.2) is 14.0 Å². The van der Waals surface area contributed by atoms with Gasteiger partial charge >= 0.3 is 5.97 Å². The lowest BCUT2D eigenvalue weighted by Gasteiger charge is -2.15. The van der Waals surface area contributed by atoms with Crippen molar-refractivity contribution in [3.8, 4) is 11.7 Å². The van der Waals surface area contributed by atoms with Crippen LogP contribution in [0.25, 0.3) is 0 Å². The van der Waals surface area contributed by atoms with E-state index in [2.05, 4.69) is 17.1 Å². The van der Waals surface area contributed by atoms with E-state index < -0.39 is 12.1 Å². The molecule has 5 nitrogen and oxygen atoms in total. The third kappa shape index (κ3) is 6.96. The lowest BCUT2D eigenvalue weighted by molar-refractivity contribution is -0.160. The van der Waals surface area contributed by atoms with Crippen LogP contribution in [0.3, 0.4) is 0 Å². The highest BCUT2D eigenvalue weighted by atomic mass is 16.6. The molecule has 1 amide bonds. The summed E-state index contributed by atoms with van der Waals surface area (Å²) in [6, 6.07) is 9.39. The van der Waals surface area contributed by atoms with Crippen LogP contribution in [-0.2, 0) is 25.7 Å². The number of carbonyl (C=O) groups excluding carboxylic acids is 2. The van der Waals surface area contributed by atoms with Crippen molar-refractivity contribution in [2.75, 3.05) is 13.2 Å². The molecule has 0 heterocycles. The van der Waals surface area contributed by atoms with E-state index in [1.54, 1.807) is 14.8 Å². The molecule has 0 aliphatic carbocycles. The van der Waals surface area contributed by atoms with Crippen molar-refractivity contribution in [3.05, 3.63) is 35.9 Å². The van der Waals surface area contributed by atoms with Gasteiger partial charge in [-0.25, -0.2) is 4.79 Å². The van der Waals surface area contributed by atoms with Gasteiger partial charge in [-0.05, 0) is 12.0 Å². The largest absolute Gasteiger partial charge is 0.459 e. The molecule has 0 saturated heterocycles. The first kappa shape index (κ1) is 17.8. The average Bonchev–Trinajstić information content (AvgIpc) is 2.54. The van der Waals surface area contributed by atoms with Gasteiger partial charge in [-0.15, -0.1) is 0 Å². The number of hydrogen-bond acceptors (Lipinski definition) is 4. The molecule has 1 atom stereocenters. The van der Waals surface area contributed by atoms with Crippen LogP contribution < -0.4 is 5.32 Å². The van der Waals surface area contributed by atoms with Crippen molar-refractivity contribution in [2.24, 2.45) is 0 Å². The van der Waals surface area contributed by atoms with Crippen LogP contribution in [0.1, 0.15) is 18.9 Å². The summed E-state index contributed by atoms with van der Waals surface area (Å²) in [7, 11) is 1.69. The van der Waals surface area contributed by atoms with Crippen LogP contribution in [0.15, 0.2) is 30.3 Å². The van der Waals surface area contributed by atoms with E-state index in [0.29, 0.717) is 6.42 Å². The van der Waals surface area contributed by atoms with Crippen LogP contribution in [0.2, 0.25) is 0 Å². The zero-order chi connectivity index (χ0) is 16.2. The summed E-state index contributed by atoms with van der Waals surface area (Å²) in [4.78, 5) is 23.4. The molecule has 116 valence electrons. The van der Waals surface area contributed by atoms with Crippen molar-refractivity contribution < 1.29 is 19.1 Å². The molecule has 0 aliphatic rings. The predicted molar refractivity (Wildman–Crippen MR) is 85.6 cm³/mol. The zero-order valence-corrected chi connectivity index (χ0v) is 12.9. The van der Waals surface area contributed by atoms with E-state index in [-0.39, 0.29) is 25.7 Å². The quantitative estimate of drug-likeness (QED) is 0.424. The Morgan fingerprint density at radius 1 is 1.32 bits per heavy atom. The summed E-state index contributed by atoms with van der Waals surface area (Å²) in [5.74, 6) is 4.61. The fourth-order valence-corrected chi connectivity index (χ4v) is 1.63. The summed E-state index contributed by atoms with van der Waals surface area (Å²) in [5, 5.41) is 2.57. The maximum atomic E-state index is 11.9. The molecule has 0 spiro atoms. The third-order valence-electron chi connectivity index (χ3n) is 2.82. The lowest BCUT2D eigenvalue weighted by atomic mass is 10.2. The molecule has 1 aromatic carbocycles. The molecule has 0 fully saturated rings. The van der Waals surface area contributed by atoms with Crippen molar-refractivity contribution >= 4 is 19.7 Å². The number of esters is 1. The van der Waals surface area contributed by atoms with Crippen molar-refractivity contribution in [2.45, 2.75) is 26.1 Å². The summed E-state index contributed by atoms with van der Waals surface area (Å²) in [5.41, 5.74) is 0.904. The van der Waals surface area contributed by atoms with Crippen LogP contribution in [0.4, 0.5) is 0 Å². The van der Waals surface area contributed by atoms with Gasteiger partial charge in [0.05, 0.1) is 6.54 Å². The van der Waals surface area contributed by atoms with Gasteiger partial charge in [-0.3, -0.25) is 4.79 Å². The van der Waals surface area contributed by atoms with Crippen LogP contribution >= 0.6 is 0 Å². The van der Waals surface area contributed by atoms with Gasteiger partial charge < -0.3 is 14.8 Å². The maximum Gasteiger partial charge on any atom is 0.335 e. The highest BCUT2D eigenvalue weighted by Gasteiger charge is 2.20. The fraction of sp³-hybridized carbons (Fsp3) is 0.375. The second-order valence-corrected chi connectivity index (χ2v) is 4.50. The molecular formula is C16H20BNO4. The minimum Gasteiger partial charge on any atom is -0.459 e. The molecular weight excluding hydrogens is 281 g/mol. The molecule has 6 heteroatoms. The molecule has 1 unspecified atom stereocenters. The number of ether oxygens (including phenoxy) is 2. The maximum absolute atomic E-state index is 11.9. The zero-order valence-electron chi connectivity index (χ0n) is 12.9. The Morgan fingerprint density at radius 3 is 2.68 bits per heavy atom. The monoisotopic (exact) mass is 301 g/mol. The molecule has 0 aromatic heterocycles. The topological polar surface area (TPSA) is 64.6 Å². The van der Waals surface area contributed by atoms with Crippen molar-refractivity contribution in [1.82, 2.24) is 5.32 Å². The minimum atomic E-state index is -0.744. The van der Waals surface area contributed by atoms with E-state index in [0.717, 1.165) is 5.56 Å². The Kier molecular flexibility index (Phi) is 8.47. The Hall–Kier alpha value is -2.26. The smallest absolute Gasteiger partial charge is 0.335 e. The fourth-order valence-electron chi connectivity index (χ4n) is 1.63. The van der Waals surface area contributed by atoms with Gasteiger partial charge in [0.1, 0.15) is 13.2 Å². The Morgan fingerprint density at radius 2 is 2.05 bits per heavy atom. The van der Waals surface area contributed by atoms with E-state index in [9.17, 15) is 9.59 Å². The third-order valence-corrected chi connectivity index (χ3v) is 2.82. The number of amides is 1. The average molecular weight is 301 g/mol. The molecule has 1 N–H and O–H groups in total. The standard InChI is InChI=1S/C16H20BNO4/c1-2-14(21-12-15(19)18-10-6-9-17)16(20)22-11-13-7-4-3-5-8-13/h3-5,7-8,14H,2,10-12,17H2,1H3,(H,18,19). The molecule has 1 rings (SSSR count). The summed E-state index contributed by atoms with van der Waals surface area (Å²) in [6.07, 6.45) is -0.304. The summed E-state index contributed by atoms with van der Waals surface area (Å²) < 4.78 is 10.5. The van der Waals surface area contributed by atoms with Crippen LogP contribution in [0.5, 0.6) is 0 Å². The molecule has 22 heavy (non-hydrogen) atoms. The number of rotatable bonds is 8. The second kappa shape index (κ2) is 10.5. The highest BCUT2D eigenvalue weighted by molar-refractivity contribution is 6.22. The van der Waals surface area contributed by atoms with Crippen LogP contribution in [-0.4, -0.2) is 39.0 Å². The number of benzene rings is 1. The van der Waals surface area contributed by atoms with E-state index in [1.165, 1.54) is 0 Å². The molecule has 0 aliphatic heterocycles. The molecule has 0 radical (unpaired) electrons. The first-order valence-electron chi connectivity index (χ1n) is 7.15. The van der Waals surface area contributed by atoms with Gasteiger partial charge in [0.2, 0.25) is 5.91 Å². The SMILES string of the molecule is BC#CCNC(=O)COC(CC)C(=O)OCc1ccccc1. The Balaban J connectivity index is 2.34. The first-order valence-corrected chi connectivity index (χ1v) is 7.15. The second-order valence-electron chi connectivity index (χ2n) is 4.50. The van der Waals surface area contributed by atoms with Crippen LogP contribution in [0, 0.1) is 11.7 Å². The number of carbonyl (C=O) groups is 2. The number of nitrogens with one attached hydrogen (secondary N) is 1. The van der Waals surface area contributed by atoms with Gasteiger partial charge in [0, 0.05) is 0 Å². The molecule has 0 saturated carbocycles. The van der Waals surface area contributed by atoms with Gasteiger partial charge in [0.25, 0.3) is 0 Å². The van der Waals surface area contributed by atoms with E-state index >= 15 is 0 Å². The lowest BCUT2D eigenvalue weighted by Crippen LogP contribution is -2.33. The van der Waals surface area contributed by atoms with Crippen molar-refractivity contribution in [3.63, 3.8) is 0 Å². The number of hydrogen-bond donors (Lipinski definition) is 1. The van der Waals surface area contributed by atoms with E-state index in [1.807, 2.05) is 30.3 Å². The minimum absolute atomic E-state index is 0.190. The molecule has 1 aromatic rings. The van der Waals surface area contributed by atoms with Gasteiger partial charge in [-0.2, -0.15) is 5.82 Å². The highest BCUT2D eigenvalue weighted by Crippen LogP contribution is 2.05. The predicted octanol–water partition coefficient (Wildman–Crippen LogP) is 0.235. The normalized spacial score (nSPS) is 11.0. The summed E-state index contributed by atoms with van der Waals surface area (Å²) in [6.45, 7) is 2.07. The van der Waals surface area contributed by atoms with Gasteiger partial charge in [-0.1, -0.05) is 43.2 Å². The Bertz CT molecular complexity index is 536. The molecule has 0 bridgehead atoms. The first-order chi connectivity index (χ1) is 10.7. The summed E-state index contributed by atoms with van der Waals surface area (Å²) >= 11 is 0. The van der Waals surface area contributed by atoms with Crippen molar-refractivity contribution in [1.29, 1.82) is 0 Å². The van der Waals surface area contributed by atoms with E-state index in [4.69, 9.17) is 9.47 Å². The Labute approximate surface area is 131 Å².